The minimum atomic E-state index is -0.0807. The molecule has 3 heterocycles. The van der Waals surface area contributed by atoms with Gasteiger partial charge < -0.3 is 19.9 Å². The lowest BCUT2D eigenvalue weighted by Crippen LogP contribution is -2.50. The number of nitrogens with zero attached hydrogens (tertiary/aromatic N) is 5. The first-order valence-electron chi connectivity index (χ1n) is 14.4. The van der Waals surface area contributed by atoms with E-state index in [1.165, 1.54) is 0 Å². The molecule has 1 aliphatic heterocycles. The lowest BCUT2D eigenvalue weighted by Gasteiger charge is -2.36. The molecule has 9 nitrogen and oxygen atoms in total. The Balaban J connectivity index is 1.24. The highest BCUT2D eigenvalue weighted by Gasteiger charge is 2.21. The third-order valence-electron chi connectivity index (χ3n) is 7.62. The van der Waals surface area contributed by atoms with Crippen LogP contribution >= 0.6 is 11.6 Å². The minimum Gasteiger partial charge on any atom is -0.457 e. The van der Waals surface area contributed by atoms with Gasteiger partial charge >= 0.3 is 0 Å². The minimum absolute atomic E-state index is 0.0772. The van der Waals surface area contributed by atoms with Crippen molar-refractivity contribution in [1.82, 2.24) is 24.3 Å². The summed E-state index contributed by atoms with van der Waals surface area (Å²) in [5.41, 5.74) is 3.67. The highest BCUT2D eigenvalue weighted by atomic mass is 35.5. The van der Waals surface area contributed by atoms with Gasteiger partial charge in [-0.05, 0) is 61.2 Å². The fourth-order valence-corrected chi connectivity index (χ4v) is 5.57. The largest absolute Gasteiger partial charge is 0.457 e. The van der Waals surface area contributed by atoms with Crippen LogP contribution < -0.4 is 15.4 Å². The first-order valence-corrected chi connectivity index (χ1v) is 14.8. The number of amides is 1. The Kier molecular flexibility index (Phi) is 8.73. The van der Waals surface area contributed by atoms with E-state index in [0.29, 0.717) is 35.9 Å². The molecule has 0 bridgehead atoms. The topological polar surface area (TPSA) is 87.5 Å². The van der Waals surface area contributed by atoms with Crippen LogP contribution in [0.15, 0.2) is 54.7 Å². The van der Waals surface area contributed by atoms with Gasteiger partial charge in [0, 0.05) is 68.3 Å². The van der Waals surface area contributed by atoms with Crippen LogP contribution in [0.25, 0.3) is 11.0 Å². The second-order valence-electron chi connectivity index (χ2n) is 12.1. The van der Waals surface area contributed by atoms with E-state index in [0.717, 1.165) is 53.5 Å². The summed E-state index contributed by atoms with van der Waals surface area (Å²) >= 11 is 6.46. The number of fused-ring (bicyclic) bond motifs is 1. The number of carbonyl (C=O) groups is 1. The van der Waals surface area contributed by atoms with Crippen LogP contribution in [-0.4, -0.2) is 69.0 Å². The lowest BCUT2D eigenvalue weighted by molar-refractivity contribution is -0.117. The summed E-state index contributed by atoms with van der Waals surface area (Å²) in [6.07, 6.45) is 1.63. The Morgan fingerprint density at radius 3 is 2.48 bits per heavy atom. The van der Waals surface area contributed by atoms with E-state index in [1.807, 2.05) is 41.9 Å². The number of carbonyl (C=O) groups excluding carboxylic acids is 1. The zero-order chi connectivity index (χ0) is 30.0. The quantitative estimate of drug-likeness (QED) is 0.245. The standard InChI is InChI=1S/C32H40ClN7O2/c1-21(2)40-15-13-39(14-16-40)20-30(41)37-29-19-24(11-12-34-29)42-23-8-10-28-27(18-23)36-31(38(28)6)35-22-7-9-26(33)25(17-22)32(3,4)5/h7-12,17-19,21H,13-16,20H2,1-6H3,(H,35,36)(H,34,37,41). The fourth-order valence-electron chi connectivity index (χ4n) is 5.16. The molecule has 1 fully saturated rings. The van der Waals surface area contributed by atoms with Crippen LogP contribution in [0.4, 0.5) is 17.5 Å². The molecule has 42 heavy (non-hydrogen) atoms. The number of rotatable bonds is 8. The molecule has 0 atom stereocenters. The molecule has 2 N–H and O–H groups in total. The molecule has 1 saturated heterocycles. The molecular formula is C32H40ClN7O2. The van der Waals surface area contributed by atoms with Crippen LogP contribution in [-0.2, 0) is 17.3 Å². The monoisotopic (exact) mass is 589 g/mol. The molecular weight excluding hydrogens is 550 g/mol. The zero-order valence-electron chi connectivity index (χ0n) is 25.2. The SMILES string of the molecule is CC(C)N1CCN(CC(=O)Nc2cc(Oc3ccc4c(c3)nc(Nc3ccc(Cl)c(C(C)(C)C)c3)n4C)ccn2)CC1. The van der Waals surface area contributed by atoms with E-state index < -0.39 is 0 Å². The number of benzene rings is 2. The van der Waals surface area contributed by atoms with Gasteiger partial charge in [-0.1, -0.05) is 32.4 Å². The van der Waals surface area contributed by atoms with Gasteiger partial charge in [-0.25, -0.2) is 9.97 Å². The first-order chi connectivity index (χ1) is 20.0. The second-order valence-corrected chi connectivity index (χ2v) is 12.6. The first kappa shape index (κ1) is 29.8. The van der Waals surface area contributed by atoms with Gasteiger partial charge in [0.25, 0.3) is 0 Å². The van der Waals surface area contributed by atoms with Crippen LogP contribution in [0, 0.1) is 0 Å². The molecule has 1 aliphatic rings. The van der Waals surface area contributed by atoms with Crippen molar-refractivity contribution in [2.45, 2.75) is 46.1 Å². The fraction of sp³-hybridized carbons (Fsp3) is 0.406. The number of imidazole rings is 1. The van der Waals surface area contributed by atoms with Crippen molar-refractivity contribution < 1.29 is 9.53 Å². The number of aromatic nitrogens is 3. The van der Waals surface area contributed by atoms with Crippen molar-refractivity contribution in [3.63, 3.8) is 0 Å². The Labute approximate surface area is 252 Å². The summed E-state index contributed by atoms with van der Waals surface area (Å²) < 4.78 is 8.14. The van der Waals surface area contributed by atoms with E-state index in [2.05, 4.69) is 66.1 Å². The predicted octanol–water partition coefficient (Wildman–Crippen LogP) is 6.42. The van der Waals surface area contributed by atoms with E-state index in [-0.39, 0.29) is 11.3 Å². The van der Waals surface area contributed by atoms with Gasteiger partial charge in [0.05, 0.1) is 17.6 Å². The van der Waals surface area contributed by atoms with E-state index in [9.17, 15) is 4.79 Å². The summed E-state index contributed by atoms with van der Waals surface area (Å²) in [6, 6.07) is 15.8. The lowest BCUT2D eigenvalue weighted by atomic mass is 9.87. The number of aryl methyl sites for hydroxylation is 1. The van der Waals surface area contributed by atoms with Crippen molar-refractivity contribution in [3.05, 3.63) is 65.3 Å². The van der Waals surface area contributed by atoms with E-state index in [4.69, 9.17) is 21.3 Å². The number of hydrogen-bond acceptors (Lipinski definition) is 7. The number of nitrogens with one attached hydrogen (secondary N) is 2. The van der Waals surface area contributed by atoms with Gasteiger partial charge in [-0.15, -0.1) is 0 Å². The summed E-state index contributed by atoms with van der Waals surface area (Å²) in [4.78, 5) is 26.4. The molecule has 4 aromatic rings. The smallest absolute Gasteiger partial charge is 0.239 e. The third-order valence-corrected chi connectivity index (χ3v) is 7.95. The average Bonchev–Trinajstić information content (AvgIpc) is 3.23. The van der Waals surface area contributed by atoms with Gasteiger partial charge in [0.15, 0.2) is 0 Å². The number of halogens is 1. The maximum atomic E-state index is 12.7. The van der Waals surface area contributed by atoms with Gasteiger partial charge in [-0.2, -0.15) is 0 Å². The maximum absolute atomic E-state index is 12.7. The molecule has 0 unspecified atom stereocenters. The summed E-state index contributed by atoms with van der Waals surface area (Å²) in [5, 5.41) is 7.09. The average molecular weight is 590 g/mol. The van der Waals surface area contributed by atoms with Gasteiger partial charge in [0.1, 0.15) is 17.3 Å². The Morgan fingerprint density at radius 1 is 1.02 bits per heavy atom. The zero-order valence-corrected chi connectivity index (χ0v) is 26.0. The molecule has 0 aliphatic carbocycles. The summed E-state index contributed by atoms with van der Waals surface area (Å²) in [6.45, 7) is 14.9. The van der Waals surface area contributed by atoms with Crippen LogP contribution in [0.3, 0.4) is 0 Å². The normalized spacial score (nSPS) is 14.9. The summed E-state index contributed by atoms with van der Waals surface area (Å²) in [7, 11) is 1.97. The van der Waals surface area contributed by atoms with Crippen LogP contribution in [0.5, 0.6) is 11.5 Å². The number of anilines is 3. The molecule has 222 valence electrons. The van der Waals surface area contributed by atoms with E-state index in [1.54, 1.807) is 18.3 Å². The van der Waals surface area contributed by atoms with Crippen LogP contribution in [0.1, 0.15) is 40.2 Å². The highest BCUT2D eigenvalue weighted by Crippen LogP contribution is 2.33. The Bertz CT molecular complexity index is 1570. The summed E-state index contributed by atoms with van der Waals surface area (Å²) in [5.74, 6) is 2.31. The van der Waals surface area contributed by atoms with Crippen molar-refractivity contribution >= 4 is 46.0 Å². The van der Waals surface area contributed by atoms with Crippen molar-refractivity contribution in [2.24, 2.45) is 7.05 Å². The molecule has 0 radical (unpaired) electrons. The Morgan fingerprint density at radius 2 is 1.76 bits per heavy atom. The molecule has 0 spiro atoms. The maximum Gasteiger partial charge on any atom is 0.239 e. The number of piperazine rings is 1. The number of pyridine rings is 1. The number of ether oxygens (including phenoxy) is 1. The number of hydrogen-bond donors (Lipinski definition) is 2. The van der Waals surface area contributed by atoms with Gasteiger partial charge in [0.2, 0.25) is 11.9 Å². The molecule has 0 saturated carbocycles. The predicted molar refractivity (Wildman–Crippen MR) is 170 cm³/mol. The molecule has 5 rings (SSSR count). The second kappa shape index (κ2) is 12.3. The molecule has 1 amide bonds. The highest BCUT2D eigenvalue weighted by molar-refractivity contribution is 6.31. The van der Waals surface area contributed by atoms with Crippen molar-refractivity contribution in [1.29, 1.82) is 0 Å². The van der Waals surface area contributed by atoms with Crippen molar-refractivity contribution in [2.75, 3.05) is 43.4 Å². The van der Waals surface area contributed by atoms with Crippen LogP contribution in [0.2, 0.25) is 5.02 Å². The molecule has 10 heteroatoms. The van der Waals surface area contributed by atoms with Gasteiger partial charge in [-0.3, -0.25) is 14.6 Å². The molecule has 2 aromatic heterocycles. The Hall–Kier alpha value is -3.66. The molecule has 2 aromatic carbocycles. The van der Waals surface area contributed by atoms with E-state index >= 15 is 0 Å². The van der Waals surface area contributed by atoms with Crippen molar-refractivity contribution in [3.8, 4) is 11.5 Å². The third kappa shape index (κ3) is 7.03.